The van der Waals surface area contributed by atoms with Gasteiger partial charge in [-0.05, 0) is 37.1 Å². The number of anilines is 1. The molecule has 0 spiro atoms. The van der Waals surface area contributed by atoms with Crippen LogP contribution in [0.1, 0.15) is 22.8 Å². The first-order valence-electron chi connectivity index (χ1n) is 6.54. The fourth-order valence-electron chi connectivity index (χ4n) is 2.48. The predicted molar refractivity (Wildman–Crippen MR) is 77.9 cm³/mol. The number of benzene rings is 1. The van der Waals surface area contributed by atoms with Crippen molar-refractivity contribution in [1.82, 2.24) is 9.55 Å². The van der Waals surface area contributed by atoms with E-state index in [0.29, 0.717) is 24.2 Å². The lowest BCUT2D eigenvalue weighted by Crippen LogP contribution is -2.29. The number of Topliss-reactive ketones (excluding diaryl/α,β-unsaturated/α-hetero) is 1. The van der Waals surface area contributed by atoms with Crippen LogP contribution in [0, 0.1) is 0 Å². The third-order valence-corrected chi connectivity index (χ3v) is 5.27. The van der Waals surface area contributed by atoms with E-state index >= 15 is 0 Å². The number of imidazole rings is 1. The largest absolute Gasteiger partial charge is 0.339 e. The maximum Gasteiger partial charge on any atom is 0.283 e. The smallest absolute Gasteiger partial charge is 0.283 e. The van der Waals surface area contributed by atoms with E-state index in [0.717, 1.165) is 5.56 Å². The van der Waals surface area contributed by atoms with Gasteiger partial charge in [0.05, 0.1) is 12.0 Å². The van der Waals surface area contributed by atoms with Gasteiger partial charge in [-0.15, -0.1) is 0 Å². The van der Waals surface area contributed by atoms with Crippen molar-refractivity contribution in [2.45, 2.75) is 18.4 Å². The highest BCUT2D eigenvalue weighted by atomic mass is 32.2. The van der Waals surface area contributed by atoms with Crippen molar-refractivity contribution in [3.63, 3.8) is 0 Å². The summed E-state index contributed by atoms with van der Waals surface area (Å²) in [6.07, 6.45) is 3.54. The molecule has 0 N–H and O–H groups in total. The van der Waals surface area contributed by atoms with E-state index in [2.05, 4.69) is 4.98 Å². The van der Waals surface area contributed by atoms with Gasteiger partial charge in [0.1, 0.15) is 0 Å². The molecule has 1 aliphatic heterocycles. The zero-order chi connectivity index (χ0) is 15.2. The second-order valence-electron chi connectivity index (χ2n) is 5.10. The van der Waals surface area contributed by atoms with Crippen molar-refractivity contribution < 1.29 is 13.2 Å². The van der Waals surface area contributed by atoms with Crippen LogP contribution in [-0.2, 0) is 23.5 Å². The Balaban J connectivity index is 2.03. The molecule has 0 radical (unpaired) electrons. The van der Waals surface area contributed by atoms with Gasteiger partial charge in [0.2, 0.25) is 0 Å². The highest BCUT2D eigenvalue weighted by Crippen LogP contribution is 2.33. The minimum absolute atomic E-state index is 0.0242. The van der Waals surface area contributed by atoms with Gasteiger partial charge in [0, 0.05) is 25.4 Å². The topological polar surface area (TPSA) is 72.3 Å². The van der Waals surface area contributed by atoms with Gasteiger partial charge < -0.3 is 4.57 Å². The number of hydrogen-bond acceptors (Lipinski definition) is 4. The Morgan fingerprint density at radius 1 is 1.33 bits per heavy atom. The van der Waals surface area contributed by atoms with E-state index in [1.807, 2.05) is 0 Å². The number of aromatic nitrogens is 2. The van der Waals surface area contributed by atoms with Crippen molar-refractivity contribution in [2.24, 2.45) is 7.05 Å². The van der Waals surface area contributed by atoms with Crippen LogP contribution in [0.2, 0.25) is 0 Å². The molecule has 21 heavy (non-hydrogen) atoms. The highest BCUT2D eigenvalue weighted by molar-refractivity contribution is 7.92. The molecule has 6 nitrogen and oxygen atoms in total. The predicted octanol–water partition coefficient (Wildman–Crippen LogP) is 1.37. The molecule has 1 aliphatic rings. The van der Waals surface area contributed by atoms with E-state index in [9.17, 15) is 13.2 Å². The van der Waals surface area contributed by atoms with Crippen molar-refractivity contribution in [3.8, 4) is 0 Å². The number of carbonyl (C=O) groups excluding carboxylic acids is 1. The third kappa shape index (κ3) is 2.23. The number of aryl methyl sites for hydroxylation is 1. The molecule has 0 saturated carbocycles. The van der Waals surface area contributed by atoms with E-state index in [1.54, 1.807) is 29.8 Å². The maximum absolute atomic E-state index is 12.6. The summed E-state index contributed by atoms with van der Waals surface area (Å²) in [6, 6.07) is 5.12. The Bertz CT molecular complexity index is 824. The minimum Gasteiger partial charge on any atom is -0.339 e. The van der Waals surface area contributed by atoms with Crippen LogP contribution in [0.25, 0.3) is 0 Å². The zero-order valence-corrected chi connectivity index (χ0v) is 12.6. The van der Waals surface area contributed by atoms with Crippen LogP contribution in [0.4, 0.5) is 5.69 Å². The number of fused-ring (bicyclic) bond motifs is 1. The molecule has 1 aromatic heterocycles. The maximum atomic E-state index is 12.6. The Labute approximate surface area is 123 Å². The molecule has 0 aliphatic carbocycles. The van der Waals surface area contributed by atoms with Crippen LogP contribution in [0.3, 0.4) is 0 Å². The molecule has 1 aromatic carbocycles. The average Bonchev–Trinajstić information content (AvgIpc) is 3.04. The summed E-state index contributed by atoms with van der Waals surface area (Å²) < 4.78 is 28.2. The molecule has 2 aromatic rings. The monoisotopic (exact) mass is 305 g/mol. The first-order chi connectivity index (χ1) is 9.89. The Hall–Kier alpha value is -2.15. The van der Waals surface area contributed by atoms with Gasteiger partial charge in [0.25, 0.3) is 10.0 Å². The zero-order valence-electron chi connectivity index (χ0n) is 11.8. The minimum atomic E-state index is -3.65. The Kier molecular flexibility index (Phi) is 3.09. The standard InChI is InChI=1S/C14H15N3O3S/c1-10(18)11-3-4-13-12(7-11)5-6-17(13)21(19,20)14-8-16(2)9-15-14/h3-4,7-9H,5-6H2,1-2H3. The molecule has 0 unspecified atom stereocenters. The lowest BCUT2D eigenvalue weighted by Gasteiger charge is -2.18. The van der Waals surface area contributed by atoms with Gasteiger partial charge in [0.15, 0.2) is 10.8 Å². The van der Waals surface area contributed by atoms with Gasteiger partial charge >= 0.3 is 0 Å². The number of carbonyl (C=O) groups is 1. The van der Waals surface area contributed by atoms with Gasteiger partial charge in [-0.25, -0.2) is 4.98 Å². The number of ketones is 1. The number of nitrogens with zero attached hydrogens (tertiary/aromatic N) is 3. The molecular formula is C14H15N3O3S. The SMILES string of the molecule is CC(=O)c1ccc2c(c1)CCN2S(=O)(=O)c1cn(C)cn1. The number of hydrogen-bond donors (Lipinski definition) is 0. The fraction of sp³-hybridized carbons (Fsp3) is 0.286. The molecule has 110 valence electrons. The normalized spacial score (nSPS) is 14.3. The molecule has 0 fully saturated rings. The second-order valence-corrected chi connectivity index (χ2v) is 6.91. The van der Waals surface area contributed by atoms with Gasteiger partial charge in [-0.3, -0.25) is 9.10 Å². The number of sulfonamides is 1. The summed E-state index contributed by atoms with van der Waals surface area (Å²) in [6.45, 7) is 1.87. The molecule has 7 heteroatoms. The molecule has 3 rings (SSSR count). The summed E-state index contributed by atoms with van der Waals surface area (Å²) in [5.41, 5.74) is 2.11. The third-order valence-electron chi connectivity index (χ3n) is 3.57. The second kappa shape index (κ2) is 4.70. The van der Waals surface area contributed by atoms with Crippen molar-refractivity contribution in [1.29, 1.82) is 0 Å². The quantitative estimate of drug-likeness (QED) is 0.803. The summed E-state index contributed by atoms with van der Waals surface area (Å²) in [5.74, 6) is -0.0242. The average molecular weight is 305 g/mol. The van der Waals surface area contributed by atoms with Crippen molar-refractivity contribution in [3.05, 3.63) is 41.9 Å². The fourth-order valence-corrected chi connectivity index (χ4v) is 3.95. The van der Waals surface area contributed by atoms with Crippen LogP contribution in [-0.4, -0.2) is 30.3 Å². The van der Waals surface area contributed by atoms with E-state index < -0.39 is 10.0 Å². The Morgan fingerprint density at radius 2 is 2.10 bits per heavy atom. The van der Waals surface area contributed by atoms with E-state index in [-0.39, 0.29) is 10.8 Å². The molecule has 0 bridgehead atoms. The summed E-state index contributed by atoms with van der Waals surface area (Å²) in [7, 11) is -1.92. The Morgan fingerprint density at radius 3 is 2.71 bits per heavy atom. The van der Waals surface area contributed by atoms with E-state index in [4.69, 9.17) is 0 Å². The summed E-state index contributed by atoms with van der Waals surface area (Å²) in [4.78, 5) is 15.3. The highest BCUT2D eigenvalue weighted by Gasteiger charge is 2.32. The molecule has 0 amide bonds. The van der Waals surface area contributed by atoms with Gasteiger partial charge in [-0.1, -0.05) is 0 Å². The molecule has 0 saturated heterocycles. The lowest BCUT2D eigenvalue weighted by atomic mass is 10.1. The number of rotatable bonds is 3. The molecule has 0 atom stereocenters. The first-order valence-corrected chi connectivity index (χ1v) is 7.98. The van der Waals surface area contributed by atoms with Crippen LogP contribution in [0.15, 0.2) is 35.7 Å². The van der Waals surface area contributed by atoms with Crippen molar-refractivity contribution >= 4 is 21.5 Å². The van der Waals surface area contributed by atoms with Crippen LogP contribution < -0.4 is 4.31 Å². The first kappa shape index (κ1) is 13.8. The van der Waals surface area contributed by atoms with Gasteiger partial charge in [-0.2, -0.15) is 8.42 Å². The molecular weight excluding hydrogens is 290 g/mol. The molecule has 2 heterocycles. The lowest BCUT2D eigenvalue weighted by molar-refractivity contribution is 0.101. The van der Waals surface area contributed by atoms with Crippen LogP contribution >= 0.6 is 0 Å². The summed E-state index contributed by atoms with van der Waals surface area (Å²) >= 11 is 0. The van der Waals surface area contributed by atoms with Crippen LogP contribution in [0.5, 0.6) is 0 Å². The van der Waals surface area contributed by atoms with Crippen molar-refractivity contribution in [2.75, 3.05) is 10.8 Å². The van der Waals surface area contributed by atoms with E-state index in [1.165, 1.54) is 23.8 Å². The summed E-state index contributed by atoms with van der Waals surface area (Å²) in [5, 5.41) is 0.0356.